The SMILES string of the molecule is Cc1ccc([C@H]2N(c3ccccc3)C(=O)C[C@@H]3C(=O)Oc4ccccc4N32)cc1. The van der Waals surface area contributed by atoms with E-state index in [9.17, 15) is 9.59 Å². The van der Waals surface area contributed by atoms with Gasteiger partial charge in [0.1, 0.15) is 12.2 Å². The first-order valence-corrected chi connectivity index (χ1v) is 9.66. The molecule has 2 aliphatic heterocycles. The molecule has 3 aromatic carbocycles. The van der Waals surface area contributed by atoms with E-state index in [0.29, 0.717) is 5.75 Å². The number of rotatable bonds is 2. The van der Waals surface area contributed by atoms with Crippen molar-refractivity contribution in [1.29, 1.82) is 0 Å². The van der Waals surface area contributed by atoms with Crippen molar-refractivity contribution in [3.05, 3.63) is 90.0 Å². The first-order valence-electron chi connectivity index (χ1n) is 9.66. The van der Waals surface area contributed by atoms with Crippen molar-refractivity contribution in [1.82, 2.24) is 0 Å². The standard InChI is InChI=1S/C24H20N2O3/c1-16-11-13-17(14-12-16)23-25(18-7-3-2-4-8-18)22(27)15-20-24(28)29-21-10-6-5-9-19(21)26(20)23/h2-14,20,23H,15H2,1H3/t20-,23+/m1/s1. The Morgan fingerprint density at radius 2 is 1.55 bits per heavy atom. The number of para-hydroxylation sites is 3. The van der Waals surface area contributed by atoms with Crippen LogP contribution >= 0.6 is 0 Å². The molecule has 0 aliphatic carbocycles. The predicted octanol–water partition coefficient (Wildman–Crippen LogP) is 4.22. The van der Waals surface area contributed by atoms with E-state index >= 15 is 0 Å². The molecular weight excluding hydrogens is 364 g/mol. The first-order chi connectivity index (χ1) is 14.1. The molecule has 1 amide bonds. The lowest BCUT2D eigenvalue weighted by atomic mass is 9.96. The Kier molecular flexibility index (Phi) is 4.09. The van der Waals surface area contributed by atoms with E-state index in [1.54, 1.807) is 11.0 Å². The van der Waals surface area contributed by atoms with Crippen LogP contribution in [0.1, 0.15) is 23.7 Å². The van der Waals surface area contributed by atoms with Crippen molar-refractivity contribution >= 4 is 23.3 Å². The maximum atomic E-state index is 13.2. The lowest BCUT2D eigenvalue weighted by Crippen LogP contribution is -2.60. The molecule has 144 valence electrons. The number of anilines is 2. The van der Waals surface area contributed by atoms with Crippen LogP contribution in [0.3, 0.4) is 0 Å². The van der Waals surface area contributed by atoms with Gasteiger partial charge in [0.15, 0.2) is 5.75 Å². The third kappa shape index (κ3) is 2.86. The highest BCUT2D eigenvalue weighted by molar-refractivity contribution is 6.02. The van der Waals surface area contributed by atoms with Crippen LogP contribution < -0.4 is 14.5 Å². The Morgan fingerprint density at radius 3 is 2.31 bits per heavy atom. The van der Waals surface area contributed by atoms with Gasteiger partial charge in [-0.1, -0.05) is 60.2 Å². The van der Waals surface area contributed by atoms with E-state index in [1.807, 2.05) is 84.6 Å². The molecule has 5 rings (SSSR count). The summed E-state index contributed by atoms with van der Waals surface area (Å²) in [4.78, 5) is 29.8. The Morgan fingerprint density at radius 1 is 0.862 bits per heavy atom. The molecule has 0 saturated carbocycles. The predicted molar refractivity (Wildman–Crippen MR) is 111 cm³/mol. The molecule has 2 aliphatic rings. The minimum atomic E-state index is -0.649. The Labute approximate surface area is 169 Å². The van der Waals surface area contributed by atoms with E-state index in [4.69, 9.17) is 4.74 Å². The molecule has 0 radical (unpaired) electrons. The molecule has 29 heavy (non-hydrogen) atoms. The third-order valence-electron chi connectivity index (χ3n) is 5.52. The molecule has 1 fully saturated rings. The molecular formula is C24H20N2O3. The molecule has 0 aromatic heterocycles. The van der Waals surface area contributed by atoms with Crippen LogP contribution in [0.25, 0.3) is 0 Å². The molecule has 3 aromatic rings. The normalized spacial score (nSPS) is 20.7. The summed E-state index contributed by atoms with van der Waals surface area (Å²) in [6, 6.07) is 24.6. The number of hydrogen-bond donors (Lipinski definition) is 0. The molecule has 0 spiro atoms. The van der Waals surface area contributed by atoms with E-state index in [-0.39, 0.29) is 18.3 Å². The van der Waals surface area contributed by atoms with Crippen molar-refractivity contribution in [3.63, 3.8) is 0 Å². The second kappa shape index (κ2) is 6.78. The molecule has 1 saturated heterocycles. The van der Waals surface area contributed by atoms with Crippen LogP contribution in [0.5, 0.6) is 5.75 Å². The quantitative estimate of drug-likeness (QED) is 0.490. The molecule has 0 bridgehead atoms. The third-order valence-corrected chi connectivity index (χ3v) is 5.52. The molecule has 0 unspecified atom stereocenters. The summed E-state index contributed by atoms with van der Waals surface area (Å²) in [5.74, 6) is 0.0365. The highest BCUT2D eigenvalue weighted by Crippen LogP contribution is 2.45. The van der Waals surface area contributed by atoms with Crippen LogP contribution in [0.4, 0.5) is 11.4 Å². The van der Waals surface area contributed by atoms with Gasteiger partial charge in [0.2, 0.25) is 5.91 Å². The van der Waals surface area contributed by atoms with Crippen molar-refractivity contribution < 1.29 is 14.3 Å². The fraction of sp³-hybridized carbons (Fsp3) is 0.167. The second-order valence-electron chi connectivity index (χ2n) is 7.40. The summed E-state index contributed by atoms with van der Waals surface area (Å²) in [5.41, 5.74) is 3.70. The molecule has 2 atom stereocenters. The number of nitrogens with zero attached hydrogens (tertiary/aromatic N) is 2. The molecule has 5 nitrogen and oxygen atoms in total. The smallest absolute Gasteiger partial charge is 0.334 e. The average molecular weight is 384 g/mol. The van der Waals surface area contributed by atoms with E-state index < -0.39 is 12.2 Å². The zero-order valence-corrected chi connectivity index (χ0v) is 16.0. The summed E-state index contributed by atoms with van der Waals surface area (Å²) in [6.45, 7) is 2.03. The topological polar surface area (TPSA) is 49.9 Å². The van der Waals surface area contributed by atoms with E-state index in [2.05, 4.69) is 0 Å². The zero-order valence-electron chi connectivity index (χ0n) is 16.0. The monoisotopic (exact) mass is 384 g/mol. The van der Waals surface area contributed by atoms with Gasteiger partial charge in [-0.3, -0.25) is 9.69 Å². The van der Waals surface area contributed by atoms with Gasteiger partial charge in [-0.25, -0.2) is 4.79 Å². The van der Waals surface area contributed by atoms with Crippen LogP contribution in [-0.2, 0) is 9.59 Å². The van der Waals surface area contributed by atoms with Crippen molar-refractivity contribution in [2.24, 2.45) is 0 Å². The summed E-state index contributed by atoms with van der Waals surface area (Å²) < 4.78 is 5.54. The largest absolute Gasteiger partial charge is 0.423 e. The fourth-order valence-electron chi connectivity index (χ4n) is 4.15. The van der Waals surface area contributed by atoms with Gasteiger partial charge < -0.3 is 9.64 Å². The highest BCUT2D eigenvalue weighted by atomic mass is 16.5. The maximum absolute atomic E-state index is 13.2. The number of esters is 1. The molecule has 5 heteroatoms. The molecule has 0 N–H and O–H groups in total. The summed E-state index contributed by atoms with van der Waals surface area (Å²) >= 11 is 0. The lowest BCUT2D eigenvalue weighted by molar-refractivity contribution is -0.140. The summed E-state index contributed by atoms with van der Waals surface area (Å²) in [6.07, 6.45) is -0.372. The van der Waals surface area contributed by atoms with Gasteiger partial charge in [0.25, 0.3) is 0 Å². The van der Waals surface area contributed by atoms with E-state index in [1.165, 1.54) is 0 Å². The number of ether oxygens (including phenoxy) is 1. The van der Waals surface area contributed by atoms with Gasteiger partial charge in [-0.05, 0) is 36.8 Å². The second-order valence-corrected chi connectivity index (χ2v) is 7.40. The van der Waals surface area contributed by atoms with E-state index in [0.717, 1.165) is 22.5 Å². The molecule has 2 heterocycles. The Balaban J connectivity index is 1.73. The maximum Gasteiger partial charge on any atom is 0.334 e. The van der Waals surface area contributed by atoms with Crippen molar-refractivity contribution in [2.75, 3.05) is 9.80 Å². The number of hydrogen-bond acceptors (Lipinski definition) is 4. The fourth-order valence-corrected chi connectivity index (χ4v) is 4.15. The Hall–Kier alpha value is -3.60. The number of carbonyl (C=O) groups is 2. The number of carbonyl (C=O) groups excluding carboxylic acids is 2. The van der Waals surface area contributed by atoms with Gasteiger partial charge in [-0.2, -0.15) is 0 Å². The van der Waals surface area contributed by atoms with Crippen molar-refractivity contribution in [3.8, 4) is 5.75 Å². The van der Waals surface area contributed by atoms with Crippen LogP contribution in [-0.4, -0.2) is 17.9 Å². The minimum Gasteiger partial charge on any atom is -0.423 e. The zero-order chi connectivity index (χ0) is 20.0. The highest BCUT2D eigenvalue weighted by Gasteiger charge is 2.48. The van der Waals surface area contributed by atoms with Gasteiger partial charge in [0, 0.05) is 5.69 Å². The minimum absolute atomic E-state index is 0.0738. The summed E-state index contributed by atoms with van der Waals surface area (Å²) in [5, 5.41) is 0. The number of aryl methyl sites for hydroxylation is 1. The van der Waals surface area contributed by atoms with Gasteiger partial charge in [0.05, 0.1) is 12.1 Å². The van der Waals surface area contributed by atoms with Gasteiger partial charge in [-0.15, -0.1) is 0 Å². The van der Waals surface area contributed by atoms with Gasteiger partial charge >= 0.3 is 5.97 Å². The van der Waals surface area contributed by atoms with Crippen LogP contribution in [0, 0.1) is 6.92 Å². The first kappa shape index (κ1) is 17.5. The summed E-state index contributed by atoms with van der Waals surface area (Å²) in [7, 11) is 0. The Bertz CT molecular complexity index is 1080. The average Bonchev–Trinajstić information content (AvgIpc) is 2.74. The van der Waals surface area contributed by atoms with Crippen LogP contribution in [0.15, 0.2) is 78.9 Å². The van der Waals surface area contributed by atoms with Crippen LogP contribution in [0.2, 0.25) is 0 Å². The number of benzene rings is 3. The number of fused-ring (bicyclic) bond motifs is 3. The number of amides is 1. The van der Waals surface area contributed by atoms with Crippen molar-refractivity contribution in [2.45, 2.75) is 25.6 Å². The lowest BCUT2D eigenvalue weighted by Gasteiger charge is -2.50.